The minimum absolute atomic E-state index is 0.216. The van der Waals surface area contributed by atoms with Gasteiger partial charge >= 0.3 is 12.1 Å². The minimum Gasteiger partial charge on any atom is -0.480 e. The fourth-order valence-electron chi connectivity index (χ4n) is 2.41. The molecule has 0 radical (unpaired) electrons. The van der Waals surface area contributed by atoms with Gasteiger partial charge in [-0.1, -0.05) is 0 Å². The van der Waals surface area contributed by atoms with Crippen LogP contribution in [0.15, 0.2) is 12.3 Å². The zero-order valence-corrected chi connectivity index (χ0v) is 14.2. The number of nitrogens with one attached hydrogen (secondary N) is 1. The van der Waals surface area contributed by atoms with E-state index in [1.54, 1.807) is 6.07 Å². The average molecular weight is 382 g/mol. The molecule has 0 aromatic carbocycles. The first kappa shape index (κ1) is 19.7. The molecule has 2 unspecified atom stereocenters. The van der Waals surface area contributed by atoms with Crippen LogP contribution in [0, 0.1) is 4.78 Å². The van der Waals surface area contributed by atoms with Crippen LogP contribution in [0.25, 0.3) is 0 Å². The van der Waals surface area contributed by atoms with Crippen LogP contribution in [0.4, 0.5) is 13.2 Å². The number of rotatable bonds is 9. The molecule has 7 nitrogen and oxygen atoms in total. The van der Waals surface area contributed by atoms with Crippen molar-refractivity contribution < 1.29 is 27.3 Å². The van der Waals surface area contributed by atoms with Gasteiger partial charge in [0.15, 0.2) is 0 Å². The van der Waals surface area contributed by atoms with E-state index in [9.17, 15) is 22.2 Å². The van der Waals surface area contributed by atoms with Crippen molar-refractivity contribution in [2.24, 2.45) is 5.73 Å². The SMILES string of the molecule is N=S(=O)(CCC(n1ccc(C2CC2)n1)C(F)(F)F)CC[C@H](N)C(=O)O. The summed E-state index contributed by atoms with van der Waals surface area (Å²) in [5, 5.41) is 12.6. The van der Waals surface area contributed by atoms with Crippen LogP contribution >= 0.6 is 0 Å². The topological polar surface area (TPSA) is 122 Å². The number of halogens is 3. The van der Waals surface area contributed by atoms with Crippen molar-refractivity contribution >= 4 is 15.7 Å². The van der Waals surface area contributed by atoms with Crippen LogP contribution in [0.2, 0.25) is 0 Å². The van der Waals surface area contributed by atoms with Gasteiger partial charge in [0.25, 0.3) is 0 Å². The highest BCUT2D eigenvalue weighted by Crippen LogP contribution is 2.40. The molecule has 1 saturated carbocycles. The largest absolute Gasteiger partial charge is 0.480 e. The number of nitrogens with two attached hydrogens (primary N) is 1. The van der Waals surface area contributed by atoms with Gasteiger partial charge in [0.2, 0.25) is 0 Å². The lowest BCUT2D eigenvalue weighted by molar-refractivity contribution is -0.170. The maximum absolute atomic E-state index is 13.3. The zero-order chi connectivity index (χ0) is 18.8. The quantitative estimate of drug-likeness (QED) is 0.604. The molecule has 25 heavy (non-hydrogen) atoms. The summed E-state index contributed by atoms with van der Waals surface area (Å²) in [6, 6.07) is -1.68. The lowest BCUT2D eigenvalue weighted by atomic mass is 10.2. The second-order valence-corrected chi connectivity index (χ2v) is 8.73. The summed E-state index contributed by atoms with van der Waals surface area (Å²) >= 11 is 0. The molecule has 1 heterocycles. The standard InChI is InChI=1S/C14H21F3N4O3S/c15-14(16,17)12(21-6-3-11(20-21)9-1-2-9)5-8-25(19,24)7-4-10(18)13(22)23/h3,6,9-10,12,19H,1-2,4-5,7-8,18H2,(H,22,23)/t10-,12?,25?/m0/s1. The van der Waals surface area contributed by atoms with Crippen molar-refractivity contribution in [2.45, 2.75) is 49.9 Å². The summed E-state index contributed by atoms with van der Waals surface area (Å²) < 4.78 is 60.6. The Bertz CT molecular complexity index is 713. The number of aliphatic carboxylic acids is 1. The van der Waals surface area contributed by atoms with Gasteiger partial charge in [-0.3, -0.25) is 14.3 Å². The Hall–Kier alpha value is -1.62. The van der Waals surface area contributed by atoms with Gasteiger partial charge in [0, 0.05) is 33.3 Å². The van der Waals surface area contributed by atoms with Crippen molar-refractivity contribution in [1.29, 1.82) is 4.78 Å². The predicted octanol–water partition coefficient (Wildman–Crippen LogP) is 2.10. The molecule has 1 aliphatic rings. The van der Waals surface area contributed by atoms with Gasteiger partial charge < -0.3 is 10.8 Å². The molecule has 0 spiro atoms. The number of carbonyl (C=O) groups is 1. The Morgan fingerprint density at radius 2 is 2.04 bits per heavy atom. The molecule has 4 N–H and O–H groups in total. The lowest BCUT2D eigenvalue weighted by Gasteiger charge is -2.21. The van der Waals surface area contributed by atoms with E-state index in [4.69, 9.17) is 15.6 Å². The molecule has 0 amide bonds. The summed E-state index contributed by atoms with van der Waals surface area (Å²) in [6.07, 6.45) is -2.27. The molecule has 0 bridgehead atoms. The number of carboxylic acids is 1. The highest BCUT2D eigenvalue weighted by molar-refractivity contribution is 7.92. The highest BCUT2D eigenvalue weighted by atomic mass is 32.2. The number of aromatic nitrogens is 2. The maximum Gasteiger partial charge on any atom is 0.410 e. The molecule has 3 atom stereocenters. The van der Waals surface area contributed by atoms with Crippen molar-refractivity contribution in [3.63, 3.8) is 0 Å². The van der Waals surface area contributed by atoms with Crippen LogP contribution < -0.4 is 5.73 Å². The average Bonchev–Trinajstić information content (AvgIpc) is 3.23. The van der Waals surface area contributed by atoms with Gasteiger partial charge in [0.1, 0.15) is 12.1 Å². The fraction of sp³-hybridized carbons (Fsp3) is 0.714. The summed E-state index contributed by atoms with van der Waals surface area (Å²) in [5.41, 5.74) is 5.89. The smallest absolute Gasteiger partial charge is 0.410 e. The zero-order valence-electron chi connectivity index (χ0n) is 13.4. The number of alkyl halides is 3. The van der Waals surface area contributed by atoms with E-state index < -0.39 is 46.1 Å². The van der Waals surface area contributed by atoms with E-state index >= 15 is 0 Å². The second kappa shape index (κ2) is 7.32. The minimum atomic E-state index is -4.58. The second-order valence-electron chi connectivity index (χ2n) is 6.29. The number of nitrogens with zero attached hydrogens (tertiary/aromatic N) is 2. The molecule has 11 heteroatoms. The molecule has 1 aromatic rings. The van der Waals surface area contributed by atoms with Gasteiger partial charge in [-0.2, -0.15) is 18.3 Å². The van der Waals surface area contributed by atoms with E-state index in [1.165, 1.54) is 6.20 Å². The maximum atomic E-state index is 13.3. The number of carboxylic acid groups (broad SMARTS) is 1. The first-order valence-corrected chi connectivity index (χ1v) is 9.73. The Morgan fingerprint density at radius 1 is 1.44 bits per heavy atom. The third-order valence-electron chi connectivity index (χ3n) is 4.12. The Morgan fingerprint density at radius 3 is 2.56 bits per heavy atom. The summed E-state index contributed by atoms with van der Waals surface area (Å²) in [5.74, 6) is -1.93. The molecule has 142 valence electrons. The van der Waals surface area contributed by atoms with Gasteiger partial charge in [0.05, 0.1) is 5.69 Å². The van der Waals surface area contributed by atoms with Crippen molar-refractivity contribution in [3.05, 3.63) is 18.0 Å². The summed E-state index contributed by atoms with van der Waals surface area (Å²) in [7, 11) is -3.36. The normalized spacial score (nSPS) is 20.0. The van der Waals surface area contributed by atoms with Crippen molar-refractivity contribution in [1.82, 2.24) is 9.78 Å². The number of hydrogen-bond donors (Lipinski definition) is 3. The first-order valence-electron chi connectivity index (χ1n) is 7.84. The molecular weight excluding hydrogens is 361 g/mol. The Balaban J connectivity index is 2.00. The summed E-state index contributed by atoms with van der Waals surface area (Å²) in [6.45, 7) is 0. The lowest BCUT2D eigenvalue weighted by Crippen LogP contribution is -2.33. The number of hydrogen-bond acceptors (Lipinski definition) is 5. The van der Waals surface area contributed by atoms with Gasteiger partial charge in [-0.15, -0.1) is 0 Å². The van der Waals surface area contributed by atoms with Crippen LogP contribution in [-0.2, 0) is 14.5 Å². The van der Waals surface area contributed by atoms with E-state index in [0.717, 1.165) is 17.5 Å². The molecule has 1 fully saturated rings. The molecule has 2 rings (SSSR count). The highest BCUT2D eigenvalue weighted by Gasteiger charge is 2.42. The molecular formula is C14H21F3N4O3S. The molecule has 1 aliphatic carbocycles. The fourth-order valence-corrected chi connectivity index (χ4v) is 3.86. The third kappa shape index (κ3) is 5.70. The van der Waals surface area contributed by atoms with E-state index in [2.05, 4.69) is 5.10 Å². The van der Waals surface area contributed by atoms with E-state index in [1.807, 2.05) is 0 Å². The van der Waals surface area contributed by atoms with Crippen LogP contribution in [0.3, 0.4) is 0 Å². The molecule has 0 saturated heterocycles. The molecule has 1 aromatic heterocycles. The Labute approximate surface area is 143 Å². The van der Waals surface area contributed by atoms with Crippen LogP contribution in [0.5, 0.6) is 0 Å². The molecule has 0 aliphatic heterocycles. The van der Waals surface area contributed by atoms with Crippen LogP contribution in [-0.4, -0.2) is 48.8 Å². The van der Waals surface area contributed by atoms with E-state index in [-0.39, 0.29) is 18.1 Å². The predicted molar refractivity (Wildman–Crippen MR) is 84.7 cm³/mol. The van der Waals surface area contributed by atoms with Gasteiger partial charge in [-0.25, -0.2) is 4.21 Å². The van der Waals surface area contributed by atoms with Gasteiger partial charge in [-0.05, 0) is 31.7 Å². The van der Waals surface area contributed by atoms with Crippen LogP contribution in [0.1, 0.15) is 43.3 Å². The van der Waals surface area contributed by atoms with Crippen molar-refractivity contribution in [3.8, 4) is 0 Å². The summed E-state index contributed by atoms with van der Waals surface area (Å²) in [4.78, 5) is 10.6. The third-order valence-corrected chi connectivity index (χ3v) is 5.91. The first-order chi connectivity index (χ1) is 11.5. The monoisotopic (exact) mass is 382 g/mol. The van der Waals surface area contributed by atoms with E-state index in [0.29, 0.717) is 5.69 Å². The van der Waals surface area contributed by atoms with Crippen molar-refractivity contribution in [2.75, 3.05) is 11.5 Å². The Kier molecular flexibility index (Phi) is 5.77.